The Balaban J connectivity index is 1.48. The van der Waals surface area contributed by atoms with Crippen molar-refractivity contribution in [3.63, 3.8) is 0 Å². The van der Waals surface area contributed by atoms with Crippen LogP contribution >= 0.6 is 0 Å². The van der Waals surface area contributed by atoms with Crippen LogP contribution in [0, 0.1) is 0 Å². The Morgan fingerprint density at radius 3 is 2.71 bits per heavy atom. The van der Waals surface area contributed by atoms with Crippen molar-refractivity contribution in [1.82, 2.24) is 4.90 Å². The average molecular weight is 412 g/mol. The molecule has 2 heterocycles. The number of amides is 1. The Labute approximate surface area is 181 Å². The molecule has 5 rings (SSSR count). The Kier molecular flexibility index (Phi) is 5.08. The summed E-state index contributed by atoms with van der Waals surface area (Å²) < 4.78 is 11.3. The summed E-state index contributed by atoms with van der Waals surface area (Å²) in [4.78, 5) is 15.3. The van der Waals surface area contributed by atoms with Crippen LogP contribution in [0.4, 0.5) is 5.69 Å². The fourth-order valence-electron chi connectivity index (χ4n) is 4.16. The van der Waals surface area contributed by atoms with E-state index in [0.29, 0.717) is 18.7 Å². The first-order valence-corrected chi connectivity index (χ1v) is 10.4. The van der Waals surface area contributed by atoms with Crippen molar-refractivity contribution in [3.05, 3.63) is 95.1 Å². The van der Waals surface area contributed by atoms with E-state index in [4.69, 9.17) is 9.47 Å². The van der Waals surface area contributed by atoms with Crippen molar-refractivity contribution >= 4 is 17.7 Å². The van der Waals surface area contributed by atoms with Crippen molar-refractivity contribution in [2.24, 2.45) is 0 Å². The number of rotatable bonds is 5. The topological polar surface area (TPSA) is 50.8 Å². The molecule has 5 heteroatoms. The molecule has 0 saturated carbocycles. The van der Waals surface area contributed by atoms with Crippen LogP contribution in [-0.4, -0.2) is 37.2 Å². The number of benzene rings is 3. The molecule has 0 saturated heterocycles. The zero-order chi connectivity index (χ0) is 21.2. The quantitative estimate of drug-likeness (QED) is 0.665. The summed E-state index contributed by atoms with van der Waals surface area (Å²) in [5.74, 6) is 1.60. The highest BCUT2D eigenvalue weighted by Gasteiger charge is 2.34. The molecule has 3 aromatic carbocycles. The van der Waals surface area contributed by atoms with Gasteiger partial charge in [-0.1, -0.05) is 42.5 Å². The van der Waals surface area contributed by atoms with E-state index in [1.165, 1.54) is 5.56 Å². The maximum atomic E-state index is 13.4. The highest BCUT2D eigenvalue weighted by molar-refractivity contribution is 6.02. The minimum absolute atomic E-state index is 0.0386. The van der Waals surface area contributed by atoms with E-state index >= 15 is 0 Å². The summed E-state index contributed by atoms with van der Waals surface area (Å²) in [5, 5.41) is 3.57. The molecule has 0 aromatic heterocycles. The number of fused-ring (bicyclic) bond motifs is 2. The highest BCUT2D eigenvalue weighted by atomic mass is 16.5. The van der Waals surface area contributed by atoms with Crippen LogP contribution < -0.4 is 14.8 Å². The van der Waals surface area contributed by atoms with Gasteiger partial charge < -0.3 is 19.7 Å². The molecule has 3 aromatic rings. The van der Waals surface area contributed by atoms with Crippen LogP contribution in [0.5, 0.6) is 11.5 Å². The first kappa shape index (κ1) is 19.2. The Morgan fingerprint density at radius 1 is 1.06 bits per heavy atom. The summed E-state index contributed by atoms with van der Waals surface area (Å²) in [6, 6.07) is 23.7. The van der Waals surface area contributed by atoms with E-state index in [1.54, 1.807) is 7.11 Å². The summed E-state index contributed by atoms with van der Waals surface area (Å²) in [6.45, 7) is 1.02. The molecular formula is C26H24N2O3. The first-order chi connectivity index (χ1) is 15.2. The SMILES string of the molecule is COc1ccc2c(c1)OCC(C1Nc3ccccc3C(=O)N1CCc1ccccc1)=C2. The molecule has 1 atom stereocenters. The van der Waals surface area contributed by atoms with Gasteiger partial charge in [-0.25, -0.2) is 0 Å². The Hall–Kier alpha value is -3.73. The molecule has 0 fully saturated rings. The molecule has 0 spiro atoms. The lowest BCUT2D eigenvalue weighted by Crippen LogP contribution is -2.51. The van der Waals surface area contributed by atoms with Crippen molar-refractivity contribution in [2.75, 3.05) is 25.6 Å². The van der Waals surface area contributed by atoms with Crippen molar-refractivity contribution < 1.29 is 14.3 Å². The summed E-state index contributed by atoms with van der Waals surface area (Å²) in [6.07, 6.45) is 2.64. The second-order valence-electron chi connectivity index (χ2n) is 7.74. The fourth-order valence-corrected chi connectivity index (χ4v) is 4.16. The molecule has 156 valence electrons. The van der Waals surface area contributed by atoms with Gasteiger partial charge >= 0.3 is 0 Å². The van der Waals surface area contributed by atoms with Gasteiger partial charge in [-0.3, -0.25) is 4.79 Å². The molecule has 1 unspecified atom stereocenters. The predicted molar refractivity (Wildman–Crippen MR) is 122 cm³/mol. The Morgan fingerprint density at radius 2 is 1.87 bits per heavy atom. The lowest BCUT2D eigenvalue weighted by molar-refractivity contribution is 0.0706. The monoisotopic (exact) mass is 412 g/mol. The van der Waals surface area contributed by atoms with E-state index in [9.17, 15) is 4.79 Å². The van der Waals surface area contributed by atoms with Crippen molar-refractivity contribution in [3.8, 4) is 11.5 Å². The number of hydrogen-bond donors (Lipinski definition) is 1. The van der Waals surface area contributed by atoms with Gasteiger partial charge in [0.2, 0.25) is 0 Å². The number of hydrogen-bond acceptors (Lipinski definition) is 4. The van der Waals surface area contributed by atoms with E-state index in [2.05, 4.69) is 23.5 Å². The molecule has 0 bridgehead atoms. The van der Waals surface area contributed by atoms with Gasteiger partial charge in [0.05, 0.1) is 12.7 Å². The van der Waals surface area contributed by atoms with Gasteiger partial charge in [0.25, 0.3) is 5.91 Å². The standard InChI is InChI=1S/C26H24N2O3/c1-30-21-12-11-19-15-20(17-31-24(19)16-21)25-27-23-10-6-5-9-22(23)26(29)28(25)14-13-18-7-3-2-4-8-18/h2-12,15-16,25,27H,13-14,17H2,1H3. The summed E-state index contributed by atoms with van der Waals surface area (Å²) >= 11 is 0. The number of para-hydroxylation sites is 1. The molecule has 5 nitrogen and oxygen atoms in total. The van der Waals surface area contributed by atoms with Crippen LogP contribution in [0.3, 0.4) is 0 Å². The lowest BCUT2D eigenvalue weighted by Gasteiger charge is -2.40. The second kappa shape index (κ2) is 8.19. The van der Waals surface area contributed by atoms with Gasteiger partial charge in [0.1, 0.15) is 24.3 Å². The predicted octanol–water partition coefficient (Wildman–Crippen LogP) is 4.61. The third-order valence-corrected chi connectivity index (χ3v) is 5.81. The molecule has 2 aliphatic rings. The third kappa shape index (κ3) is 3.75. The van der Waals surface area contributed by atoms with Crippen molar-refractivity contribution in [2.45, 2.75) is 12.6 Å². The number of ether oxygens (including phenoxy) is 2. The fraction of sp³-hybridized carbons (Fsp3) is 0.192. The molecule has 2 aliphatic heterocycles. The normalized spacial score (nSPS) is 17.1. The number of carbonyl (C=O) groups is 1. The zero-order valence-corrected chi connectivity index (χ0v) is 17.4. The number of carbonyl (C=O) groups excluding carboxylic acids is 1. The van der Waals surface area contributed by atoms with Crippen LogP contribution in [0.15, 0.2) is 78.4 Å². The zero-order valence-electron chi connectivity index (χ0n) is 17.4. The maximum Gasteiger partial charge on any atom is 0.257 e. The van der Waals surface area contributed by atoms with Crippen LogP contribution in [-0.2, 0) is 6.42 Å². The van der Waals surface area contributed by atoms with E-state index in [1.807, 2.05) is 65.6 Å². The molecule has 1 N–H and O–H groups in total. The number of nitrogens with one attached hydrogen (secondary N) is 1. The lowest BCUT2D eigenvalue weighted by atomic mass is 9.99. The van der Waals surface area contributed by atoms with Gasteiger partial charge in [-0.2, -0.15) is 0 Å². The van der Waals surface area contributed by atoms with Gasteiger partial charge in [-0.15, -0.1) is 0 Å². The highest BCUT2D eigenvalue weighted by Crippen LogP contribution is 2.34. The molecule has 0 aliphatic carbocycles. The molecule has 31 heavy (non-hydrogen) atoms. The van der Waals surface area contributed by atoms with E-state index < -0.39 is 0 Å². The minimum atomic E-state index is -0.263. The molecule has 1 amide bonds. The van der Waals surface area contributed by atoms with Crippen LogP contribution in [0.2, 0.25) is 0 Å². The summed E-state index contributed by atoms with van der Waals surface area (Å²) in [5.41, 5.74) is 4.77. The summed E-state index contributed by atoms with van der Waals surface area (Å²) in [7, 11) is 1.64. The molecule has 0 radical (unpaired) electrons. The van der Waals surface area contributed by atoms with Crippen LogP contribution in [0.1, 0.15) is 21.5 Å². The largest absolute Gasteiger partial charge is 0.497 e. The number of nitrogens with zero attached hydrogens (tertiary/aromatic N) is 1. The number of anilines is 1. The van der Waals surface area contributed by atoms with Gasteiger partial charge in [-0.05, 0) is 42.3 Å². The average Bonchev–Trinajstić information content (AvgIpc) is 2.83. The van der Waals surface area contributed by atoms with Gasteiger partial charge in [0.15, 0.2) is 0 Å². The van der Waals surface area contributed by atoms with Crippen LogP contribution in [0.25, 0.3) is 6.08 Å². The maximum absolute atomic E-state index is 13.4. The smallest absolute Gasteiger partial charge is 0.257 e. The number of methoxy groups -OCH3 is 1. The minimum Gasteiger partial charge on any atom is -0.497 e. The van der Waals surface area contributed by atoms with E-state index in [0.717, 1.165) is 34.7 Å². The molecular weight excluding hydrogens is 388 g/mol. The van der Waals surface area contributed by atoms with Gasteiger partial charge in [0, 0.05) is 29.4 Å². The second-order valence-corrected chi connectivity index (χ2v) is 7.74. The van der Waals surface area contributed by atoms with Crippen molar-refractivity contribution in [1.29, 1.82) is 0 Å². The Bertz CT molecular complexity index is 1140. The van der Waals surface area contributed by atoms with E-state index in [-0.39, 0.29) is 12.1 Å². The first-order valence-electron chi connectivity index (χ1n) is 10.4. The third-order valence-electron chi connectivity index (χ3n) is 5.81.